The van der Waals surface area contributed by atoms with Gasteiger partial charge < -0.3 is 4.74 Å². The fourth-order valence-electron chi connectivity index (χ4n) is 2.82. The summed E-state index contributed by atoms with van der Waals surface area (Å²) in [6, 6.07) is 7.83. The van der Waals surface area contributed by atoms with E-state index in [4.69, 9.17) is 8.92 Å². The summed E-state index contributed by atoms with van der Waals surface area (Å²) in [4.78, 5) is 12.6. The van der Waals surface area contributed by atoms with Crippen LogP contribution in [0.3, 0.4) is 0 Å². The fraction of sp³-hybridized carbons (Fsp3) is 0.588. The van der Waals surface area contributed by atoms with Crippen molar-refractivity contribution in [3.63, 3.8) is 0 Å². The first-order valence-corrected chi connectivity index (χ1v) is 9.55. The molecular formula is C17H24O5S. The van der Waals surface area contributed by atoms with Gasteiger partial charge in [-0.15, -0.1) is 0 Å². The summed E-state index contributed by atoms with van der Waals surface area (Å²) < 4.78 is 33.8. The summed E-state index contributed by atoms with van der Waals surface area (Å²) in [6.07, 6.45) is 1.87. The van der Waals surface area contributed by atoms with Gasteiger partial charge >= 0.3 is 5.97 Å². The van der Waals surface area contributed by atoms with Crippen molar-refractivity contribution in [1.29, 1.82) is 0 Å². The summed E-state index contributed by atoms with van der Waals surface area (Å²) in [5.41, 5.74) is 1.54. The molecule has 2 rings (SSSR count). The summed E-state index contributed by atoms with van der Waals surface area (Å²) in [5, 5.41) is 0. The van der Waals surface area contributed by atoms with Crippen LogP contribution in [0.1, 0.15) is 38.3 Å². The van der Waals surface area contributed by atoms with Gasteiger partial charge in [-0.1, -0.05) is 24.3 Å². The first-order chi connectivity index (χ1) is 10.6. The molecule has 0 heterocycles. The van der Waals surface area contributed by atoms with Crippen LogP contribution < -0.4 is 0 Å². The Morgan fingerprint density at radius 1 is 1.17 bits per heavy atom. The minimum Gasteiger partial charge on any atom is -0.460 e. The van der Waals surface area contributed by atoms with Gasteiger partial charge in [-0.2, -0.15) is 8.42 Å². The van der Waals surface area contributed by atoms with Gasteiger partial charge in [0.2, 0.25) is 0 Å². The number of aryl methyl sites for hydroxylation is 1. The van der Waals surface area contributed by atoms with Gasteiger partial charge in [0, 0.05) is 0 Å². The van der Waals surface area contributed by atoms with Crippen molar-refractivity contribution in [1.82, 2.24) is 0 Å². The molecule has 23 heavy (non-hydrogen) atoms. The summed E-state index contributed by atoms with van der Waals surface area (Å²) in [5.74, 6) is -1.05. The Hall–Kier alpha value is -1.40. The minimum absolute atomic E-state index is 0.414. The summed E-state index contributed by atoms with van der Waals surface area (Å²) in [6.45, 7) is 5.38. The van der Waals surface area contributed by atoms with E-state index < -0.39 is 33.7 Å². The minimum atomic E-state index is -3.65. The number of rotatable bonds is 3. The van der Waals surface area contributed by atoms with Gasteiger partial charge in [-0.3, -0.25) is 8.98 Å². The van der Waals surface area contributed by atoms with E-state index in [1.807, 2.05) is 24.3 Å². The number of benzene rings is 1. The molecule has 0 amide bonds. The average molecular weight is 340 g/mol. The van der Waals surface area contributed by atoms with Crippen LogP contribution >= 0.6 is 0 Å². The lowest BCUT2D eigenvalue weighted by molar-refractivity contribution is -0.163. The van der Waals surface area contributed by atoms with Crippen molar-refractivity contribution in [2.24, 2.45) is 5.92 Å². The van der Waals surface area contributed by atoms with E-state index in [1.165, 1.54) is 0 Å². The molecule has 1 aliphatic rings. The maximum Gasteiger partial charge on any atom is 0.312 e. The molecule has 1 aliphatic carbocycles. The SMILES string of the molecule is CC(C)(C)OC(=O)C1Cc2ccccc2CCC1OS(C)(=O)=O. The first-order valence-electron chi connectivity index (χ1n) is 7.73. The van der Waals surface area contributed by atoms with E-state index in [0.29, 0.717) is 19.3 Å². The van der Waals surface area contributed by atoms with Crippen molar-refractivity contribution in [2.45, 2.75) is 51.7 Å². The van der Waals surface area contributed by atoms with E-state index >= 15 is 0 Å². The maximum atomic E-state index is 12.6. The molecular weight excluding hydrogens is 316 g/mol. The van der Waals surface area contributed by atoms with Crippen molar-refractivity contribution in [2.75, 3.05) is 6.26 Å². The Morgan fingerprint density at radius 3 is 2.35 bits per heavy atom. The van der Waals surface area contributed by atoms with E-state index in [1.54, 1.807) is 20.8 Å². The number of ether oxygens (including phenoxy) is 1. The molecule has 1 aromatic carbocycles. The molecule has 6 heteroatoms. The Morgan fingerprint density at radius 2 is 1.78 bits per heavy atom. The molecule has 2 unspecified atom stereocenters. The number of fused-ring (bicyclic) bond motifs is 1. The molecule has 5 nitrogen and oxygen atoms in total. The van der Waals surface area contributed by atoms with Crippen LogP contribution in [0, 0.1) is 5.92 Å². The van der Waals surface area contributed by atoms with Gasteiger partial charge in [-0.05, 0) is 51.2 Å². The smallest absolute Gasteiger partial charge is 0.312 e. The number of hydrogen-bond donors (Lipinski definition) is 0. The van der Waals surface area contributed by atoms with Gasteiger partial charge in [-0.25, -0.2) is 0 Å². The van der Waals surface area contributed by atoms with E-state index in [0.717, 1.165) is 17.4 Å². The first kappa shape index (κ1) is 17.9. The molecule has 0 radical (unpaired) electrons. The standard InChI is InChI=1S/C17H24O5S/c1-17(2,3)21-16(18)14-11-13-8-6-5-7-12(13)9-10-15(14)22-23(4,19)20/h5-8,14-15H,9-11H2,1-4H3. The normalized spacial score (nSPS) is 22.1. The summed E-state index contributed by atoms with van der Waals surface area (Å²) >= 11 is 0. The molecule has 0 fully saturated rings. The molecule has 1 aromatic rings. The van der Waals surface area contributed by atoms with Gasteiger partial charge in [0.05, 0.1) is 18.3 Å². The molecule has 0 bridgehead atoms. The lowest BCUT2D eigenvalue weighted by Gasteiger charge is -2.27. The second kappa shape index (κ2) is 6.61. The average Bonchev–Trinajstić information content (AvgIpc) is 2.55. The van der Waals surface area contributed by atoms with Crippen molar-refractivity contribution in [3.8, 4) is 0 Å². The third kappa shape index (κ3) is 5.32. The zero-order valence-electron chi connectivity index (χ0n) is 14.0. The fourth-order valence-corrected chi connectivity index (χ4v) is 3.50. The van der Waals surface area contributed by atoms with Crippen LogP contribution in [0.4, 0.5) is 0 Å². The highest BCUT2D eigenvalue weighted by molar-refractivity contribution is 7.86. The largest absolute Gasteiger partial charge is 0.460 e. The van der Waals surface area contributed by atoms with Gasteiger partial charge in [0.1, 0.15) is 5.60 Å². The van der Waals surface area contributed by atoms with Crippen LogP contribution in [0.25, 0.3) is 0 Å². The Kier molecular flexibility index (Phi) is 5.16. The highest BCUT2D eigenvalue weighted by Crippen LogP contribution is 2.29. The molecule has 0 N–H and O–H groups in total. The number of carbonyl (C=O) groups excluding carboxylic acids is 1. The zero-order chi connectivity index (χ0) is 17.3. The molecule has 128 valence electrons. The van der Waals surface area contributed by atoms with Crippen molar-refractivity contribution < 1.29 is 22.1 Å². The number of carbonyl (C=O) groups is 1. The molecule has 0 aliphatic heterocycles. The maximum absolute atomic E-state index is 12.6. The number of esters is 1. The number of hydrogen-bond acceptors (Lipinski definition) is 5. The monoisotopic (exact) mass is 340 g/mol. The summed E-state index contributed by atoms with van der Waals surface area (Å²) in [7, 11) is -3.65. The molecule has 0 saturated heterocycles. The molecule has 0 saturated carbocycles. The van der Waals surface area contributed by atoms with Crippen LogP contribution in [0.5, 0.6) is 0 Å². The lowest BCUT2D eigenvalue weighted by Crippen LogP contribution is -2.38. The van der Waals surface area contributed by atoms with E-state index in [9.17, 15) is 13.2 Å². The van der Waals surface area contributed by atoms with Gasteiger partial charge in [0.25, 0.3) is 10.1 Å². The predicted molar refractivity (Wildman–Crippen MR) is 87.5 cm³/mol. The predicted octanol–water partition coefficient (Wildman–Crippen LogP) is 2.48. The van der Waals surface area contributed by atoms with Gasteiger partial charge in [0.15, 0.2) is 0 Å². The Balaban J connectivity index is 2.31. The van der Waals surface area contributed by atoms with Crippen LogP contribution in [0.2, 0.25) is 0 Å². The molecule has 2 atom stereocenters. The molecule has 0 spiro atoms. The lowest BCUT2D eigenvalue weighted by atomic mass is 9.94. The zero-order valence-corrected chi connectivity index (χ0v) is 14.9. The highest BCUT2D eigenvalue weighted by atomic mass is 32.2. The van der Waals surface area contributed by atoms with Crippen molar-refractivity contribution in [3.05, 3.63) is 35.4 Å². The van der Waals surface area contributed by atoms with E-state index in [-0.39, 0.29) is 0 Å². The second-order valence-electron chi connectivity index (χ2n) is 6.99. The van der Waals surface area contributed by atoms with Crippen LogP contribution in [-0.4, -0.2) is 32.3 Å². The molecule has 0 aromatic heterocycles. The topological polar surface area (TPSA) is 69.7 Å². The third-order valence-electron chi connectivity index (χ3n) is 3.71. The van der Waals surface area contributed by atoms with E-state index in [2.05, 4.69) is 0 Å². The Bertz CT molecular complexity index is 672. The third-order valence-corrected chi connectivity index (χ3v) is 4.31. The highest BCUT2D eigenvalue weighted by Gasteiger charge is 2.37. The Labute approximate surface area is 138 Å². The second-order valence-corrected chi connectivity index (χ2v) is 8.59. The van der Waals surface area contributed by atoms with Crippen LogP contribution in [-0.2, 0) is 36.7 Å². The van der Waals surface area contributed by atoms with Crippen molar-refractivity contribution >= 4 is 16.1 Å². The quantitative estimate of drug-likeness (QED) is 0.480. The van der Waals surface area contributed by atoms with Crippen LogP contribution in [0.15, 0.2) is 24.3 Å².